The zero-order valence-corrected chi connectivity index (χ0v) is 19.2. The Morgan fingerprint density at radius 2 is 1.84 bits per heavy atom. The third-order valence-electron chi connectivity index (χ3n) is 5.36. The Morgan fingerprint density at radius 3 is 2.47 bits per heavy atom. The van der Waals surface area contributed by atoms with Gasteiger partial charge in [-0.3, -0.25) is 0 Å². The second kappa shape index (κ2) is 10.1. The van der Waals surface area contributed by atoms with Gasteiger partial charge in [-0.1, -0.05) is 57.2 Å². The first-order valence-corrected chi connectivity index (χ1v) is 10.8. The molecule has 5 nitrogen and oxygen atoms in total. The fourth-order valence-corrected chi connectivity index (χ4v) is 3.89. The van der Waals surface area contributed by atoms with Gasteiger partial charge in [-0.25, -0.2) is 14.2 Å². The van der Waals surface area contributed by atoms with E-state index in [1.807, 2.05) is 30.5 Å². The second-order valence-corrected chi connectivity index (χ2v) is 9.13. The minimum atomic E-state index is -0.691. The fraction of sp³-hybridized carbons (Fsp3) is 0.385. The maximum atomic E-state index is 14.2. The third-order valence-corrected chi connectivity index (χ3v) is 5.36. The topological polar surface area (TPSA) is 64.3 Å². The molecule has 0 fully saturated rings. The molecule has 0 bridgehead atoms. The van der Waals surface area contributed by atoms with Crippen LogP contribution in [0.15, 0.2) is 48.7 Å². The van der Waals surface area contributed by atoms with E-state index in [4.69, 9.17) is 4.74 Å². The number of carbonyl (C=O) groups is 1. The largest absolute Gasteiger partial charge is 0.465 e. The molecule has 0 aliphatic rings. The van der Waals surface area contributed by atoms with Crippen LogP contribution in [0, 0.1) is 11.2 Å². The number of aromatic nitrogens is 2. The van der Waals surface area contributed by atoms with Crippen LogP contribution in [0.2, 0.25) is 0 Å². The van der Waals surface area contributed by atoms with Crippen molar-refractivity contribution < 1.29 is 19.0 Å². The van der Waals surface area contributed by atoms with Crippen LogP contribution in [0.3, 0.4) is 0 Å². The molecular weight excluding hydrogens is 407 g/mol. The normalized spacial score (nSPS) is 11.6. The zero-order valence-electron chi connectivity index (χ0n) is 19.2. The molecule has 170 valence electrons. The van der Waals surface area contributed by atoms with Crippen LogP contribution in [-0.4, -0.2) is 34.3 Å². The van der Waals surface area contributed by atoms with E-state index in [1.165, 1.54) is 13.2 Å². The number of hydrogen-bond acceptors (Lipinski definition) is 4. The van der Waals surface area contributed by atoms with Crippen LogP contribution in [-0.2, 0) is 30.5 Å². The number of nitrogens with zero attached hydrogens (tertiary/aromatic N) is 2. The van der Waals surface area contributed by atoms with Gasteiger partial charge in [-0.2, -0.15) is 0 Å². The lowest BCUT2D eigenvalue weighted by Gasteiger charge is -2.19. The summed E-state index contributed by atoms with van der Waals surface area (Å²) in [5, 5.41) is 9.50. The molecule has 0 atom stereocenters. The molecule has 0 saturated carbocycles. The SMILES string of the molecule is COC(=O)c1c(F)cccc1-c1ccc(CCc2ncc(CC(C)(C)C)n2CCO)cc1. The number of aliphatic hydroxyl groups is 1. The van der Waals surface area contributed by atoms with Gasteiger partial charge in [0.05, 0.1) is 13.7 Å². The highest BCUT2D eigenvalue weighted by Gasteiger charge is 2.19. The molecule has 1 N–H and O–H groups in total. The highest BCUT2D eigenvalue weighted by molar-refractivity contribution is 5.97. The Hall–Kier alpha value is -2.99. The molecule has 0 radical (unpaired) electrons. The van der Waals surface area contributed by atoms with Gasteiger partial charge in [-0.15, -0.1) is 0 Å². The summed E-state index contributed by atoms with van der Waals surface area (Å²) in [5.41, 5.74) is 3.59. The van der Waals surface area contributed by atoms with Gasteiger partial charge < -0.3 is 14.4 Å². The molecule has 0 spiro atoms. The molecule has 0 aliphatic heterocycles. The summed E-state index contributed by atoms with van der Waals surface area (Å²) in [7, 11) is 1.25. The number of imidazole rings is 1. The lowest BCUT2D eigenvalue weighted by molar-refractivity contribution is 0.0596. The predicted molar refractivity (Wildman–Crippen MR) is 123 cm³/mol. The van der Waals surface area contributed by atoms with Gasteiger partial charge in [0.25, 0.3) is 0 Å². The summed E-state index contributed by atoms with van der Waals surface area (Å²) < 4.78 is 21.1. The Balaban J connectivity index is 1.77. The Labute approximate surface area is 188 Å². The number of rotatable bonds is 8. The van der Waals surface area contributed by atoms with Gasteiger partial charge in [0, 0.05) is 24.9 Å². The van der Waals surface area contributed by atoms with E-state index in [1.54, 1.807) is 12.1 Å². The summed E-state index contributed by atoms with van der Waals surface area (Å²) in [5.74, 6) is -0.329. The standard InChI is InChI=1S/C26H31FN2O3/c1-26(2,3)16-20-17-28-23(29(20)14-15-30)13-10-18-8-11-19(12-9-18)21-6-5-7-22(27)24(21)25(31)32-4/h5-9,11-12,17,30H,10,13-16H2,1-4H3. The lowest BCUT2D eigenvalue weighted by atomic mass is 9.91. The minimum Gasteiger partial charge on any atom is -0.465 e. The first-order chi connectivity index (χ1) is 15.2. The maximum absolute atomic E-state index is 14.2. The molecule has 0 amide bonds. The van der Waals surface area contributed by atoms with Gasteiger partial charge in [0.2, 0.25) is 0 Å². The Kier molecular flexibility index (Phi) is 7.46. The van der Waals surface area contributed by atoms with E-state index in [9.17, 15) is 14.3 Å². The van der Waals surface area contributed by atoms with E-state index in [2.05, 4.69) is 30.3 Å². The lowest BCUT2D eigenvalue weighted by Crippen LogP contribution is -2.16. The van der Waals surface area contributed by atoms with Crippen LogP contribution in [0.25, 0.3) is 11.1 Å². The molecule has 0 unspecified atom stereocenters. The van der Waals surface area contributed by atoms with Crippen LogP contribution < -0.4 is 0 Å². The molecular formula is C26H31FN2O3. The Morgan fingerprint density at radius 1 is 1.12 bits per heavy atom. The maximum Gasteiger partial charge on any atom is 0.341 e. The fourth-order valence-electron chi connectivity index (χ4n) is 3.89. The van der Waals surface area contributed by atoms with Crippen molar-refractivity contribution in [3.8, 4) is 11.1 Å². The number of hydrogen-bond donors (Lipinski definition) is 1. The molecule has 0 saturated heterocycles. The summed E-state index contributed by atoms with van der Waals surface area (Å²) >= 11 is 0. The van der Waals surface area contributed by atoms with Crippen molar-refractivity contribution in [1.29, 1.82) is 0 Å². The molecule has 1 heterocycles. The highest BCUT2D eigenvalue weighted by atomic mass is 19.1. The van der Waals surface area contributed by atoms with Gasteiger partial charge in [0.15, 0.2) is 0 Å². The first-order valence-electron chi connectivity index (χ1n) is 10.8. The van der Waals surface area contributed by atoms with Crippen LogP contribution in [0.1, 0.15) is 48.2 Å². The van der Waals surface area contributed by atoms with Crippen molar-refractivity contribution in [1.82, 2.24) is 9.55 Å². The van der Waals surface area contributed by atoms with Crippen molar-refractivity contribution >= 4 is 5.97 Å². The average Bonchev–Trinajstić information content (AvgIpc) is 3.12. The number of methoxy groups -OCH3 is 1. The summed E-state index contributed by atoms with van der Waals surface area (Å²) in [4.78, 5) is 16.6. The Bertz CT molecular complexity index is 1070. The molecule has 3 rings (SSSR count). The van der Waals surface area contributed by atoms with E-state index >= 15 is 0 Å². The number of benzene rings is 2. The van der Waals surface area contributed by atoms with E-state index in [-0.39, 0.29) is 17.6 Å². The predicted octanol–water partition coefficient (Wildman–Crippen LogP) is 4.84. The van der Waals surface area contributed by atoms with E-state index in [0.29, 0.717) is 12.1 Å². The zero-order chi connectivity index (χ0) is 23.3. The van der Waals surface area contributed by atoms with E-state index in [0.717, 1.165) is 41.9 Å². The first kappa shape index (κ1) is 23.7. The highest BCUT2D eigenvalue weighted by Crippen LogP contribution is 2.27. The number of esters is 1. The van der Waals surface area contributed by atoms with Crippen molar-refractivity contribution in [2.75, 3.05) is 13.7 Å². The molecule has 6 heteroatoms. The van der Waals surface area contributed by atoms with Crippen molar-refractivity contribution in [3.05, 3.63) is 77.1 Å². The van der Waals surface area contributed by atoms with Crippen molar-refractivity contribution in [3.63, 3.8) is 0 Å². The van der Waals surface area contributed by atoms with Crippen molar-refractivity contribution in [2.24, 2.45) is 5.41 Å². The van der Waals surface area contributed by atoms with Crippen LogP contribution in [0.5, 0.6) is 0 Å². The number of aliphatic hydroxyl groups excluding tert-OH is 1. The third kappa shape index (κ3) is 5.62. The van der Waals surface area contributed by atoms with Gasteiger partial charge in [-0.05, 0) is 41.0 Å². The second-order valence-electron chi connectivity index (χ2n) is 9.13. The average molecular weight is 439 g/mol. The summed E-state index contributed by atoms with van der Waals surface area (Å²) in [6, 6.07) is 12.3. The van der Waals surface area contributed by atoms with Crippen molar-refractivity contribution in [2.45, 2.75) is 46.6 Å². The van der Waals surface area contributed by atoms with Crippen LogP contribution >= 0.6 is 0 Å². The minimum absolute atomic E-state index is 0.0554. The summed E-state index contributed by atoms with van der Waals surface area (Å²) in [6.45, 7) is 7.18. The van der Waals surface area contributed by atoms with Gasteiger partial charge >= 0.3 is 5.97 Å². The quantitative estimate of drug-likeness (QED) is 0.511. The molecule has 1 aromatic heterocycles. The number of halogens is 1. The van der Waals surface area contributed by atoms with E-state index < -0.39 is 11.8 Å². The summed E-state index contributed by atoms with van der Waals surface area (Å²) in [6.07, 6.45) is 4.34. The monoisotopic (exact) mass is 438 g/mol. The molecule has 3 aromatic rings. The molecule has 2 aromatic carbocycles. The molecule has 0 aliphatic carbocycles. The van der Waals surface area contributed by atoms with Gasteiger partial charge in [0.1, 0.15) is 17.2 Å². The molecule has 32 heavy (non-hydrogen) atoms. The number of ether oxygens (including phenoxy) is 1. The smallest absolute Gasteiger partial charge is 0.341 e. The number of aryl methyl sites for hydroxylation is 2. The number of carbonyl (C=O) groups excluding carboxylic acids is 1. The van der Waals surface area contributed by atoms with Crippen LogP contribution in [0.4, 0.5) is 4.39 Å².